The molecule has 1 saturated carbocycles. The van der Waals surface area contributed by atoms with Gasteiger partial charge in [-0.3, -0.25) is 0 Å². The van der Waals surface area contributed by atoms with E-state index in [2.05, 4.69) is 51.5 Å². The molecule has 0 aliphatic heterocycles. The summed E-state index contributed by atoms with van der Waals surface area (Å²) in [6.07, 6.45) is 9.32. The molecule has 0 amide bonds. The third-order valence-electron chi connectivity index (χ3n) is 5.35. The maximum atomic E-state index is 4.77. The fourth-order valence-corrected chi connectivity index (χ4v) is 5.48. The summed E-state index contributed by atoms with van der Waals surface area (Å²) in [4.78, 5) is 4.77. The van der Waals surface area contributed by atoms with E-state index >= 15 is 0 Å². The molecule has 4 rings (SSSR count). The van der Waals surface area contributed by atoms with Gasteiger partial charge in [0.25, 0.3) is 0 Å². The number of hydrogen-bond acceptors (Lipinski definition) is 5. The van der Waals surface area contributed by atoms with Gasteiger partial charge in [0.2, 0.25) is 0 Å². The molecule has 0 saturated heterocycles. The minimum atomic E-state index is 0.831. The number of nitrogens with zero attached hydrogens (tertiary/aromatic N) is 4. The van der Waals surface area contributed by atoms with Gasteiger partial charge in [0, 0.05) is 30.2 Å². The van der Waals surface area contributed by atoms with Gasteiger partial charge in [-0.15, -0.1) is 21.5 Å². The summed E-state index contributed by atoms with van der Waals surface area (Å²) in [5.41, 5.74) is 2.29. The highest BCUT2D eigenvalue weighted by Gasteiger charge is 2.16. The highest BCUT2D eigenvalue weighted by Crippen LogP contribution is 2.29. The third kappa shape index (κ3) is 4.79. The molecule has 0 radical (unpaired) electrons. The van der Waals surface area contributed by atoms with Crippen LogP contribution in [0.3, 0.4) is 0 Å². The number of thiazole rings is 1. The van der Waals surface area contributed by atoms with E-state index in [1.165, 1.54) is 44.1 Å². The van der Waals surface area contributed by atoms with Crippen molar-refractivity contribution in [3.63, 3.8) is 0 Å². The third-order valence-corrected chi connectivity index (χ3v) is 7.34. The molecule has 27 heavy (non-hydrogen) atoms. The lowest BCUT2D eigenvalue weighted by atomic mass is 9.86. The van der Waals surface area contributed by atoms with E-state index in [4.69, 9.17) is 4.98 Å². The lowest BCUT2D eigenvalue weighted by Crippen LogP contribution is -2.09. The van der Waals surface area contributed by atoms with E-state index in [1.54, 1.807) is 23.1 Å². The van der Waals surface area contributed by atoms with Crippen molar-refractivity contribution in [3.8, 4) is 10.6 Å². The molecule has 4 nitrogen and oxygen atoms in total. The molecule has 1 aliphatic rings. The van der Waals surface area contributed by atoms with Crippen molar-refractivity contribution >= 4 is 23.1 Å². The average molecular weight is 399 g/mol. The number of aromatic nitrogens is 4. The lowest BCUT2D eigenvalue weighted by molar-refractivity contribution is 0.336. The molecule has 2 heterocycles. The van der Waals surface area contributed by atoms with Crippen molar-refractivity contribution in [1.82, 2.24) is 19.7 Å². The number of benzene rings is 1. The molecule has 0 atom stereocenters. The quantitative estimate of drug-likeness (QED) is 0.476. The summed E-state index contributed by atoms with van der Waals surface area (Å²) in [7, 11) is 2.09. The fraction of sp³-hybridized carbons (Fsp3) is 0.476. The molecule has 0 bridgehead atoms. The van der Waals surface area contributed by atoms with Gasteiger partial charge in [-0.05, 0) is 12.3 Å². The monoisotopic (exact) mass is 398 g/mol. The molecule has 3 aromatic rings. The maximum absolute atomic E-state index is 4.77. The van der Waals surface area contributed by atoms with Crippen LogP contribution >= 0.6 is 23.1 Å². The van der Waals surface area contributed by atoms with Crippen LogP contribution in [0.1, 0.15) is 50.0 Å². The predicted molar refractivity (Wildman–Crippen MR) is 113 cm³/mol. The Hall–Kier alpha value is -1.66. The van der Waals surface area contributed by atoms with Gasteiger partial charge in [0.15, 0.2) is 5.16 Å². The first-order chi connectivity index (χ1) is 13.3. The number of hydrogen-bond donors (Lipinski definition) is 0. The van der Waals surface area contributed by atoms with Crippen LogP contribution in [0.25, 0.3) is 10.6 Å². The van der Waals surface area contributed by atoms with Crippen LogP contribution in [0.2, 0.25) is 0 Å². The van der Waals surface area contributed by atoms with E-state index in [-0.39, 0.29) is 0 Å². The minimum absolute atomic E-state index is 0.831. The summed E-state index contributed by atoms with van der Waals surface area (Å²) < 4.78 is 2.16. The van der Waals surface area contributed by atoms with E-state index < -0.39 is 0 Å². The SMILES string of the molecule is Cn1c(CCC2CCCCC2)nnc1SCc1csc(-c2ccccc2)n1. The van der Waals surface area contributed by atoms with E-state index in [9.17, 15) is 0 Å². The Morgan fingerprint density at radius 3 is 2.74 bits per heavy atom. The zero-order chi connectivity index (χ0) is 18.5. The molecule has 142 valence electrons. The zero-order valence-electron chi connectivity index (χ0n) is 15.8. The van der Waals surface area contributed by atoms with Crippen molar-refractivity contribution in [2.24, 2.45) is 13.0 Å². The van der Waals surface area contributed by atoms with E-state index in [1.807, 2.05) is 6.07 Å². The van der Waals surface area contributed by atoms with Crippen LogP contribution in [0.4, 0.5) is 0 Å². The number of aryl methyl sites for hydroxylation is 1. The van der Waals surface area contributed by atoms with Gasteiger partial charge in [-0.2, -0.15) is 0 Å². The van der Waals surface area contributed by atoms with Gasteiger partial charge >= 0.3 is 0 Å². The second-order valence-electron chi connectivity index (χ2n) is 7.30. The number of rotatable bonds is 7. The fourth-order valence-electron chi connectivity index (χ4n) is 3.72. The lowest BCUT2D eigenvalue weighted by Gasteiger charge is -2.20. The van der Waals surface area contributed by atoms with E-state index in [0.29, 0.717) is 0 Å². The van der Waals surface area contributed by atoms with Crippen LogP contribution < -0.4 is 0 Å². The van der Waals surface area contributed by atoms with Gasteiger partial charge in [-0.25, -0.2) is 4.98 Å². The Labute approximate surface area is 169 Å². The predicted octanol–water partition coefficient (Wildman–Crippen LogP) is 5.74. The molecule has 1 aromatic carbocycles. The Morgan fingerprint density at radius 2 is 1.93 bits per heavy atom. The normalized spacial score (nSPS) is 15.3. The van der Waals surface area contributed by atoms with Gasteiger partial charge < -0.3 is 4.57 Å². The summed E-state index contributed by atoms with van der Waals surface area (Å²) in [5.74, 6) is 2.84. The molecule has 6 heteroatoms. The largest absolute Gasteiger partial charge is 0.309 e. The van der Waals surface area contributed by atoms with Crippen LogP contribution in [0.15, 0.2) is 40.9 Å². The summed E-state index contributed by atoms with van der Waals surface area (Å²) in [5, 5.41) is 13.1. The van der Waals surface area contributed by atoms with Crippen LogP contribution in [0.5, 0.6) is 0 Å². The minimum Gasteiger partial charge on any atom is -0.309 e. The maximum Gasteiger partial charge on any atom is 0.191 e. The van der Waals surface area contributed by atoms with Crippen molar-refractivity contribution in [2.45, 2.75) is 55.9 Å². The first-order valence-corrected chi connectivity index (χ1v) is 11.7. The molecular weight excluding hydrogens is 372 g/mol. The Morgan fingerprint density at radius 1 is 1.11 bits per heavy atom. The summed E-state index contributed by atoms with van der Waals surface area (Å²) in [6.45, 7) is 0. The first kappa shape index (κ1) is 18.7. The number of thioether (sulfide) groups is 1. The smallest absolute Gasteiger partial charge is 0.191 e. The summed E-state index contributed by atoms with van der Waals surface area (Å²) >= 11 is 3.43. The first-order valence-electron chi connectivity index (χ1n) is 9.80. The summed E-state index contributed by atoms with van der Waals surface area (Å²) in [6, 6.07) is 10.4. The van der Waals surface area contributed by atoms with Crippen molar-refractivity contribution < 1.29 is 0 Å². The topological polar surface area (TPSA) is 43.6 Å². The molecule has 1 aliphatic carbocycles. The van der Waals surface area contributed by atoms with Crippen LogP contribution in [-0.2, 0) is 19.2 Å². The second-order valence-corrected chi connectivity index (χ2v) is 9.10. The zero-order valence-corrected chi connectivity index (χ0v) is 17.4. The molecule has 0 spiro atoms. The van der Waals surface area contributed by atoms with Gasteiger partial charge in [0.1, 0.15) is 10.8 Å². The van der Waals surface area contributed by atoms with Crippen LogP contribution in [-0.4, -0.2) is 19.7 Å². The molecular formula is C21H26N4S2. The highest BCUT2D eigenvalue weighted by molar-refractivity contribution is 7.98. The van der Waals surface area contributed by atoms with Crippen LogP contribution in [0, 0.1) is 5.92 Å². The average Bonchev–Trinajstić information content (AvgIpc) is 3.33. The van der Waals surface area contributed by atoms with Crippen molar-refractivity contribution in [1.29, 1.82) is 0 Å². The molecule has 0 N–H and O–H groups in total. The van der Waals surface area contributed by atoms with Crippen molar-refractivity contribution in [2.75, 3.05) is 0 Å². The molecule has 1 fully saturated rings. The Kier molecular flexibility index (Phi) is 6.24. The second kappa shape index (κ2) is 9.02. The van der Waals surface area contributed by atoms with Gasteiger partial charge in [0.05, 0.1) is 5.69 Å². The standard InChI is InChI=1S/C21H26N4S2/c1-25-19(13-12-16-8-4-2-5-9-16)23-24-21(25)27-15-18-14-26-20(22-18)17-10-6-3-7-11-17/h3,6-7,10-11,14,16H,2,4-5,8-9,12-13,15H2,1H3. The van der Waals surface area contributed by atoms with E-state index in [0.717, 1.165) is 39.8 Å². The molecule has 0 unspecified atom stereocenters. The highest BCUT2D eigenvalue weighted by atomic mass is 32.2. The Bertz CT molecular complexity index is 850. The van der Waals surface area contributed by atoms with Gasteiger partial charge in [-0.1, -0.05) is 74.2 Å². The van der Waals surface area contributed by atoms with Crippen molar-refractivity contribution in [3.05, 3.63) is 47.2 Å². The molecule has 2 aromatic heterocycles. The Balaban J connectivity index is 1.32.